The van der Waals surface area contributed by atoms with Crippen LogP contribution in [0.3, 0.4) is 0 Å². The van der Waals surface area contributed by atoms with Crippen LogP contribution in [-0.4, -0.2) is 43.8 Å². The molecule has 0 aliphatic heterocycles. The summed E-state index contributed by atoms with van der Waals surface area (Å²) in [5, 5.41) is 8.27. The van der Waals surface area contributed by atoms with E-state index in [4.69, 9.17) is 14.7 Å². The third-order valence-electron chi connectivity index (χ3n) is 6.54. The maximum absolute atomic E-state index is 5.74. The third kappa shape index (κ3) is 6.14. The number of nitrogens with zero attached hydrogens (tertiary/aromatic N) is 3. The number of nitrogens with one attached hydrogen (secondary N) is 2. The molecule has 6 heteroatoms. The van der Waals surface area contributed by atoms with Gasteiger partial charge in [0.2, 0.25) is 5.95 Å². The first-order chi connectivity index (χ1) is 16.1. The lowest BCUT2D eigenvalue weighted by Gasteiger charge is -2.29. The molecule has 1 aliphatic rings. The van der Waals surface area contributed by atoms with E-state index in [0.717, 1.165) is 54.0 Å². The minimum Gasteiger partial charge on any atom is -0.494 e. The maximum Gasteiger partial charge on any atom is 0.225 e. The topological polar surface area (TPSA) is 62.3 Å². The average molecular weight is 448 g/mol. The first-order valence-electron chi connectivity index (χ1n) is 12.2. The van der Waals surface area contributed by atoms with E-state index in [2.05, 4.69) is 45.9 Å². The molecule has 0 spiro atoms. The van der Waals surface area contributed by atoms with Crippen LogP contribution in [0.4, 0.5) is 11.8 Å². The van der Waals surface area contributed by atoms with Crippen molar-refractivity contribution in [3.63, 3.8) is 0 Å². The fraction of sp³-hybridized carbons (Fsp3) is 0.481. The Morgan fingerprint density at radius 2 is 1.61 bits per heavy atom. The predicted molar refractivity (Wildman–Crippen MR) is 137 cm³/mol. The molecule has 0 amide bonds. The fourth-order valence-electron chi connectivity index (χ4n) is 4.71. The van der Waals surface area contributed by atoms with Crippen LogP contribution in [0.15, 0.2) is 48.5 Å². The van der Waals surface area contributed by atoms with E-state index in [0.29, 0.717) is 12.5 Å². The van der Waals surface area contributed by atoms with Crippen molar-refractivity contribution in [1.82, 2.24) is 15.3 Å². The molecule has 1 saturated carbocycles. The van der Waals surface area contributed by atoms with Gasteiger partial charge in [-0.05, 0) is 69.2 Å². The van der Waals surface area contributed by atoms with E-state index in [1.807, 2.05) is 39.2 Å². The standard InChI is InChI=1S/C27H37N5O/c1-4-33-25-12-8-5-9-22(25)19-28-17-20-13-15-21(16-14-20)18-29-27-30-24-11-7-6-10-23(24)26(31-27)32(2)3/h5-12,20-21,28H,4,13-19H2,1-3H3,(H,29,30,31). The van der Waals surface area contributed by atoms with Gasteiger partial charge >= 0.3 is 0 Å². The summed E-state index contributed by atoms with van der Waals surface area (Å²) < 4.78 is 5.74. The number of aromatic nitrogens is 2. The largest absolute Gasteiger partial charge is 0.494 e. The zero-order valence-electron chi connectivity index (χ0n) is 20.2. The Hall–Kier alpha value is -2.86. The lowest BCUT2D eigenvalue weighted by molar-refractivity contribution is 0.275. The van der Waals surface area contributed by atoms with Gasteiger partial charge in [0, 0.05) is 38.1 Å². The second kappa shape index (κ2) is 11.3. The van der Waals surface area contributed by atoms with Crippen LogP contribution in [0.1, 0.15) is 38.2 Å². The van der Waals surface area contributed by atoms with Crippen molar-refractivity contribution in [2.24, 2.45) is 11.8 Å². The van der Waals surface area contributed by atoms with E-state index in [1.165, 1.54) is 31.2 Å². The maximum atomic E-state index is 5.74. The minimum atomic E-state index is 0.679. The van der Waals surface area contributed by atoms with Crippen molar-refractivity contribution < 1.29 is 4.74 Å². The Bertz CT molecular complexity index is 1030. The summed E-state index contributed by atoms with van der Waals surface area (Å²) in [7, 11) is 4.06. The van der Waals surface area contributed by atoms with E-state index in [1.54, 1.807) is 0 Å². The van der Waals surface area contributed by atoms with Gasteiger partial charge in [-0.2, -0.15) is 4.98 Å². The summed E-state index contributed by atoms with van der Waals surface area (Å²) in [6, 6.07) is 16.5. The molecule has 0 radical (unpaired) electrons. The molecule has 0 atom stereocenters. The summed E-state index contributed by atoms with van der Waals surface area (Å²) in [5.74, 6) is 4.11. The Kier molecular flexibility index (Phi) is 8.00. The van der Waals surface area contributed by atoms with Crippen LogP contribution in [0.25, 0.3) is 10.9 Å². The highest BCUT2D eigenvalue weighted by Gasteiger charge is 2.21. The van der Waals surface area contributed by atoms with Crippen molar-refractivity contribution in [3.05, 3.63) is 54.1 Å². The quantitative estimate of drug-likeness (QED) is 0.451. The molecule has 0 bridgehead atoms. The number of ether oxygens (including phenoxy) is 1. The summed E-state index contributed by atoms with van der Waals surface area (Å²) in [6.07, 6.45) is 5.05. The van der Waals surface area contributed by atoms with Gasteiger partial charge in [0.1, 0.15) is 11.6 Å². The van der Waals surface area contributed by atoms with Gasteiger partial charge < -0.3 is 20.3 Å². The molecule has 1 aliphatic carbocycles. The average Bonchev–Trinajstić information content (AvgIpc) is 2.84. The van der Waals surface area contributed by atoms with Gasteiger partial charge in [0.15, 0.2) is 0 Å². The second-order valence-corrected chi connectivity index (χ2v) is 9.22. The molecule has 0 saturated heterocycles. The van der Waals surface area contributed by atoms with Gasteiger partial charge in [-0.25, -0.2) is 4.98 Å². The molecule has 4 rings (SSSR count). The second-order valence-electron chi connectivity index (χ2n) is 9.22. The molecule has 33 heavy (non-hydrogen) atoms. The van der Waals surface area contributed by atoms with Gasteiger partial charge in [-0.3, -0.25) is 0 Å². The highest BCUT2D eigenvalue weighted by Crippen LogP contribution is 2.29. The lowest BCUT2D eigenvalue weighted by atomic mass is 9.82. The number of para-hydroxylation sites is 2. The van der Waals surface area contributed by atoms with Crippen molar-refractivity contribution in [2.45, 2.75) is 39.2 Å². The summed E-state index contributed by atoms with van der Waals surface area (Å²) in [5.41, 5.74) is 2.23. The molecule has 0 unspecified atom stereocenters. The Morgan fingerprint density at radius 3 is 2.36 bits per heavy atom. The van der Waals surface area contributed by atoms with Crippen molar-refractivity contribution in [2.75, 3.05) is 44.0 Å². The molecule has 2 aromatic carbocycles. The molecule has 1 fully saturated rings. The number of hydrogen-bond donors (Lipinski definition) is 2. The van der Waals surface area contributed by atoms with Gasteiger partial charge in [0.05, 0.1) is 12.1 Å². The molecule has 1 heterocycles. The molecular formula is C27H37N5O. The van der Waals surface area contributed by atoms with Gasteiger partial charge in [-0.15, -0.1) is 0 Å². The molecular weight excluding hydrogens is 410 g/mol. The van der Waals surface area contributed by atoms with Crippen molar-refractivity contribution in [1.29, 1.82) is 0 Å². The molecule has 3 aromatic rings. The minimum absolute atomic E-state index is 0.679. The fourth-order valence-corrected chi connectivity index (χ4v) is 4.71. The third-order valence-corrected chi connectivity index (χ3v) is 6.54. The summed E-state index contributed by atoms with van der Waals surface area (Å²) in [6.45, 7) is 5.61. The van der Waals surface area contributed by atoms with Gasteiger partial charge in [0.25, 0.3) is 0 Å². The van der Waals surface area contributed by atoms with E-state index < -0.39 is 0 Å². The monoisotopic (exact) mass is 447 g/mol. The van der Waals surface area contributed by atoms with E-state index in [9.17, 15) is 0 Å². The van der Waals surface area contributed by atoms with Crippen LogP contribution < -0.4 is 20.3 Å². The zero-order chi connectivity index (χ0) is 23.0. The summed E-state index contributed by atoms with van der Waals surface area (Å²) >= 11 is 0. The smallest absolute Gasteiger partial charge is 0.225 e. The highest BCUT2D eigenvalue weighted by atomic mass is 16.5. The van der Waals surface area contributed by atoms with E-state index in [-0.39, 0.29) is 0 Å². The predicted octanol–water partition coefficient (Wildman–Crippen LogP) is 5.10. The Balaban J connectivity index is 1.23. The van der Waals surface area contributed by atoms with Crippen molar-refractivity contribution in [3.8, 4) is 5.75 Å². The summed E-state index contributed by atoms with van der Waals surface area (Å²) in [4.78, 5) is 11.6. The molecule has 6 nitrogen and oxygen atoms in total. The first-order valence-corrected chi connectivity index (χ1v) is 12.2. The van der Waals surface area contributed by atoms with E-state index >= 15 is 0 Å². The number of fused-ring (bicyclic) bond motifs is 1. The van der Waals surface area contributed by atoms with Crippen LogP contribution in [-0.2, 0) is 6.54 Å². The highest BCUT2D eigenvalue weighted by molar-refractivity contribution is 5.90. The lowest BCUT2D eigenvalue weighted by Crippen LogP contribution is -2.28. The first kappa shape index (κ1) is 23.3. The molecule has 2 N–H and O–H groups in total. The number of benzene rings is 2. The molecule has 176 valence electrons. The normalized spacial score (nSPS) is 18.3. The van der Waals surface area contributed by atoms with Crippen LogP contribution in [0.2, 0.25) is 0 Å². The number of hydrogen-bond acceptors (Lipinski definition) is 6. The van der Waals surface area contributed by atoms with Crippen LogP contribution >= 0.6 is 0 Å². The van der Waals surface area contributed by atoms with Crippen LogP contribution in [0, 0.1) is 11.8 Å². The van der Waals surface area contributed by atoms with Crippen molar-refractivity contribution >= 4 is 22.7 Å². The Morgan fingerprint density at radius 1 is 0.909 bits per heavy atom. The van der Waals surface area contributed by atoms with Crippen LogP contribution in [0.5, 0.6) is 5.75 Å². The number of anilines is 2. The molecule has 1 aromatic heterocycles. The zero-order valence-corrected chi connectivity index (χ0v) is 20.2. The number of rotatable bonds is 10. The van der Waals surface area contributed by atoms with Gasteiger partial charge in [-0.1, -0.05) is 30.3 Å². The SMILES string of the molecule is CCOc1ccccc1CNCC1CCC(CNc2nc(N(C)C)c3ccccc3n2)CC1. The Labute approximate surface area is 197 Å².